The minimum atomic E-state index is -0.757. The molecule has 0 saturated carbocycles. The highest BCUT2D eigenvalue weighted by Gasteiger charge is 2.46. The fourth-order valence-corrected chi connectivity index (χ4v) is 3.75. The number of aromatic nitrogens is 1. The lowest BCUT2D eigenvalue weighted by molar-refractivity contribution is -0.140. The van der Waals surface area contributed by atoms with Gasteiger partial charge in [0, 0.05) is 29.5 Å². The molecule has 1 amide bonds. The van der Waals surface area contributed by atoms with Crippen molar-refractivity contribution < 1.29 is 19.4 Å². The van der Waals surface area contributed by atoms with Crippen molar-refractivity contribution in [2.45, 2.75) is 12.6 Å². The molecule has 2 heterocycles. The maximum Gasteiger partial charge on any atom is 0.295 e. The van der Waals surface area contributed by atoms with E-state index in [1.165, 1.54) is 4.90 Å². The second kappa shape index (κ2) is 8.62. The van der Waals surface area contributed by atoms with Crippen LogP contribution in [-0.4, -0.2) is 33.8 Å². The molecule has 0 aliphatic carbocycles. The minimum Gasteiger partial charge on any atom is -0.507 e. The lowest BCUT2D eigenvalue weighted by Gasteiger charge is -2.25. The van der Waals surface area contributed by atoms with Crippen LogP contribution in [0.4, 0.5) is 0 Å². The van der Waals surface area contributed by atoms with Crippen LogP contribution in [-0.2, 0) is 16.1 Å². The molecule has 1 aromatic heterocycles. The van der Waals surface area contributed by atoms with Gasteiger partial charge in [0.1, 0.15) is 11.5 Å². The molecular weight excluding hydrogens is 416 g/mol. The average molecular weight is 435 g/mol. The summed E-state index contributed by atoms with van der Waals surface area (Å²) in [6.07, 6.45) is 3.25. The van der Waals surface area contributed by atoms with Crippen molar-refractivity contribution in [3.63, 3.8) is 0 Å². The number of methoxy groups -OCH3 is 1. The zero-order chi connectivity index (χ0) is 22.0. The van der Waals surface area contributed by atoms with Crippen LogP contribution in [0, 0.1) is 0 Å². The first kappa shape index (κ1) is 20.6. The Labute approximate surface area is 184 Å². The minimum absolute atomic E-state index is 0.0338. The van der Waals surface area contributed by atoms with Gasteiger partial charge in [-0.15, -0.1) is 0 Å². The van der Waals surface area contributed by atoms with Gasteiger partial charge in [-0.25, -0.2) is 0 Å². The SMILES string of the molecule is COc1ccc(C(O)=C2C(=O)C(=O)N(Cc3ccncc3)[C@@H]2c2ccc(Cl)cc2)cc1. The molecule has 1 fully saturated rings. The predicted molar refractivity (Wildman–Crippen MR) is 117 cm³/mol. The third-order valence-electron chi connectivity index (χ3n) is 5.19. The van der Waals surface area contributed by atoms with Crippen LogP contribution >= 0.6 is 11.6 Å². The second-order valence-electron chi connectivity index (χ2n) is 7.06. The molecule has 7 heteroatoms. The Hall–Kier alpha value is -3.64. The van der Waals surface area contributed by atoms with Crippen molar-refractivity contribution in [1.29, 1.82) is 0 Å². The molecule has 1 N–H and O–H groups in total. The number of rotatable bonds is 5. The number of likely N-dealkylation sites (tertiary alicyclic amines) is 1. The van der Waals surface area contributed by atoms with E-state index in [-0.39, 0.29) is 17.9 Å². The van der Waals surface area contributed by atoms with Crippen LogP contribution < -0.4 is 4.74 Å². The summed E-state index contributed by atoms with van der Waals surface area (Å²) in [4.78, 5) is 31.4. The van der Waals surface area contributed by atoms with Gasteiger partial charge in [-0.3, -0.25) is 14.6 Å². The number of hydrogen-bond donors (Lipinski definition) is 1. The number of amides is 1. The Bertz CT molecular complexity index is 1140. The first-order chi connectivity index (χ1) is 15.0. The van der Waals surface area contributed by atoms with Crippen molar-refractivity contribution in [3.8, 4) is 5.75 Å². The normalized spacial score (nSPS) is 17.7. The lowest BCUT2D eigenvalue weighted by atomic mass is 9.95. The monoisotopic (exact) mass is 434 g/mol. The van der Waals surface area contributed by atoms with Gasteiger partial charge in [-0.1, -0.05) is 23.7 Å². The molecule has 0 unspecified atom stereocenters. The van der Waals surface area contributed by atoms with Crippen LogP contribution in [0.1, 0.15) is 22.7 Å². The number of ketones is 1. The predicted octanol–water partition coefficient (Wildman–Crippen LogP) is 4.37. The molecule has 0 bridgehead atoms. The summed E-state index contributed by atoms with van der Waals surface area (Å²) in [5.41, 5.74) is 1.95. The number of aliphatic hydroxyl groups is 1. The third kappa shape index (κ3) is 4.02. The number of ether oxygens (including phenoxy) is 1. The van der Waals surface area contributed by atoms with Gasteiger partial charge in [0.2, 0.25) is 0 Å². The van der Waals surface area contributed by atoms with E-state index in [4.69, 9.17) is 16.3 Å². The zero-order valence-corrected chi connectivity index (χ0v) is 17.4. The number of carbonyl (C=O) groups excluding carboxylic acids is 2. The number of carbonyl (C=O) groups is 2. The standard InChI is InChI=1S/C24H19ClN2O4/c1-31-19-8-4-17(5-9-19)22(28)20-21(16-2-6-18(25)7-3-16)27(24(30)23(20)29)14-15-10-12-26-13-11-15/h2-13,21,28H,14H2,1H3/t21-/m1/s1. The fourth-order valence-electron chi connectivity index (χ4n) is 3.62. The third-order valence-corrected chi connectivity index (χ3v) is 5.44. The number of hydrogen-bond acceptors (Lipinski definition) is 5. The molecule has 1 aliphatic heterocycles. The first-order valence-corrected chi connectivity index (χ1v) is 9.94. The topological polar surface area (TPSA) is 79.7 Å². The second-order valence-corrected chi connectivity index (χ2v) is 7.50. The summed E-state index contributed by atoms with van der Waals surface area (Å²) in [5, 5.41) is 11.6. The Balaban J connectivity index is 1.84. The summed E-state index contributed by atoms with van der Waals surface area (Å²) >= 11 is 6.04. The van der Waals surface area contributed by atoms with E-state index >= 15 is 0 Å². The number of benzene rings is 2. The van der Waals surface area contributed by atoms with Gasteiger partial charge in [0.05, 0.1) is 18.7 Å². The molecule has 0 radical (unpaired) electrons. The average Bonchev–Trinajstić information content (AvgIpc) is 3.05. The van der Waals surface area contributed by atoms with E-state index in [1.807, 2.05) is 0 Å². The molecule has 31 heavy (non-hydrogen) atoms. The van der Waals surface area contributed by atoms with Crippen LogP contribution in [0.2, 0.25) is 5.02 Å². The Kier molecular flexibility index (Phi) is 5.73. The number of halogens is 1. The number of nitrogens with zero attached hydrogens (tertiary/aromatic N) is 2. The van der Waals surface area contributed by atoms with E-state index in [0.29, 0.717) is 21.9 Å². The highest BCUT2D eigenvalue weighted by Crippen LogP contribution is 2.40. The van der Waals surface area contributed by atoms with Crippen molar-refractivity contribution in [3.05, 3.63) is 100 Å². The molecule has 2 aromatic carbocycles. The van der Waals surface area contributed by atoms with E-state index in [9.17, 15) is 14.7 Å². The molecule has 1 saturated heterocycles. The summed E-state index contributed by atoms with van der Waals surface area (Å²) < 4.78 is 5.15. The quantitative estimate of drug-likeness (QED) is 0.366. The molecule has 0 spiro atoms. The molecular formula is C24H19ClN2O4. The molecule has 156 valence electrons. The van der Waals surface area contributed by atoms with Gasteiger partial charge in [0.15, 0.2) is 0 Å². The molecule has 6 nitrogen and oxygen atoms in total. The maximum absolute atomic E-state index is 13.0. The van der Waals surface area contributed by atoms with E-state index in [1.54, 1.807) is 80.2 Å². The Morgan fingerprint density at radius 2 is 1.68 bits per heavy atom. The van der Waals surface area contributed by atoms with E-state index in [2.05, 4.69) is 4.98 Å². The number of pyridine rings is 1. The van der Waals surface area contributed by atoms with Crippen LogP contribution in [0.3, 0.4) is 0 Å². The highest BCUT2D eigenvalue weighted by molar-refractivity contribution is 6.46. The van der Waals surface area contributed by atoms with E-state index in [0.717, 1.165) is 5.56 Å². The van der Waals surface area contributed by atoms with Crippen molar-refractivity contribution in [2.75, 3.05) is 7.11 Å². The largest absolute Gasteiger partial charge is 0.507 e. The number of aliphatic hydroxyl groups excluding tert-OH is 1. The molecule has 1 atom stereocenters. The van der Waals surface area contributed by atoms with Crippen molar-refractivity contribution in [2.24, 2.45) is 0 Å². The molecule has 4 rings (SSSR count). The van der Waals surface area contributed by atoms with E-state index < -0.39 is 17.7 Å². The summed E-state index contributed by atoms with van der Waals surface area (Å²) in [7, 11) is 1.54. The van der Waals surface area contributed by atoms with Crippen molar-refractivity contribution >= 4 is 29.1 Å². The summed E-state index contributed by atoms with van der Waals surface area (Å²) in [6.45, 7) is 0.194. The van der Waals surface area contributed by atoms with Gasteiger partial charge < -0.3 is 14.7 Å². The van der Waals surface area contributed by atoms with Gasteiger partial charge in [-0.2, -0.15) is 0 Å². The zero-order valence-electron chi connectivity index (χ0n) is 16.7. The van der Waals surface area contributed by atoms with Crippen LogP contribution in [0.15, 0.2) is 78.6 Å². The summed E-state index contributed by atoms with van der Waals surface area (Å²) in [5.74, 6) is -1.03. The Morgan fingerprint density at radius 1 is 1.03 bits per heavy atom. The lowest BCUT2D eigenvalue weighted by Crippen LogP contribution is -2.29. The Morgan fingerprint density at radius 3 is 2.29 bits per heavy atom. The van der Waals surface area contributed by atoms with Gasteiger partial charge in [-0.05, 0) is 59.7 Å². The van der Waals surface area contributed by atoms with Gasteiger partial charge in [0.25, 0.3) is 11.7 Å². The van der Waals surface area contributed by atoms with Crippen LogP contribution in [0.5, 0.6) is 5.75 Å². The fraction of sp³-hybridized carbons (Fsp3) is 0.125. The highest BCUT2D eigenvalue weighted by atomic mass is 35.5. The number of Topliss-reactive ketones (excluding diaryl/α,β-unsaturated/α-hetero) is 1. The smallest absolute Gasteiger partial charge is 0.295 e. The van der Waals surface area contributed by atoms with Crippen molar-refractivity contribution in [1.82, 2.24) is 9.88 Å². The molecule has 1 aliphatic rings. The molecule has 3 aromatic rings. The van der Waals surface area contributed by atoms with Gasteiger partial charge >= 0.3 is 0 Å². The summed E-state index contributed by atoms with van der Waals surface area (Å²) in [6, 6.07) is 16.3. The maximum atomic E-state index is 13.0. The van der Waals surface area contributed by atoms with Crippen LogP contribution in [0.25, 0.3) is 5.76 Å². The first-order valence-electron chi connectivity index (χ1n) is 9.57.